The molecule has 0 aliphatic rings. The normalized spacial score (nSPS) is 10.6. The molecule has 30 heavy (non-hydrogen) atoms. The molecule has 0 amide bonds. The van der Waals surface area contributed by atoms with E-state index in [2.05, 4.69) is 9.47 Å². The summed E-state index contributed by atoms with van der Waals surface area (Å²) in [6, 6.07) is 6.95. The standard InChI is InChI=1S/C21H19N2O7/c1-4-5-10-30-21(27)14-9-7-6-8-13(14)18(24)17(15(11-22)19(25)28-2)16(12-23)20(26)29-3/h6-9H,4-5,10H2,1-3H3/q-1/b17-15+. The highest BCUT2D eigenvalue weighted by Gasteiger charge is 2.31. The first-order valence-electron chi connectivity index (χ1n) is 8.77. The number of unbranched alkanes of at least 4 members (excludes halogenated alkanes) is 1. The molecule has 0 saturated heterocycles. The van der Waals surface area contributed by atoms with Crippen LogP contribution in [0.1, 0.15) is 40.5 Å². The van der Waals surface area contributed by atoms with Gasteiger partial charge in [0, 0.05) is 5.56 Å². The van der Waals surface area contributed by atoms with Crippen LogP contribution in [0, 0.1) is 11.3 Å². The molecule has 0 spiro atoms. The number of hydrogen-bond donors (Lipinski definition) is 0. The van der Waals surface area contributed by atoms with E-state index in [0.29, 0.717) is 6.42 Å². The Hall–Kier alpha value is -4.02. The van der Waals surface area contributed by atoms with E-state index in [1.165, 1.54) is 36.2 Å². The summed E-state index contributed by atoms with van der Waals surface area (Å²) in [5, 5.41) is 18.8. The zero-order valence-corrected chi connectivity index (χ0v) is 16.7. The molecule has 0 aliphatic heterocycles. The van der Waals surface area contributed by atoms with Crippen LogP contribution in [-0.4, -0.2) is 50.4 Å². The Kier molecular flexibility index (Phi) is 9.40. The molecule has 1 aromatic rings. The number of ketones is 1. The number of ether oxygens (including phenoxy) is 3. The van der Waals surface area contributed by atoms with Gasteiger partial charge in [0.15, 0.2) is 5.78 Å². The van der Waals surface area contributed by atoms with Gasteiger partial charge in [0.05, 0.1) is 37.5 Å². The maximum atomic E-state index is 13.2. The quantitative estimate of drug-likeness (QED) is 0.0879. The number of nitriles is 1. The van der Waals surface area contributed by atoms with E-state index < -0.39 is 40.4 Å². The maximum Gasteiger partial charge on any atom is 0.349 e. The predicted molar refractivity (Wildman–Crippen MR) is 105 cm³/mol. The highest BCUT2D eigenvalue weighted by molar-refractivity contribution is 6.26. The number of rotatable bonds is 9. The van der Waals surface area contributed by atoms with Gasteiger partial charge >= 0.3 is 17.9 Å². The minimum atomic E-state index is -1.24. The molecule has 0 aromatic heterocycles. The minimum absolute atomic E-state index is 0.129. The van der Waals surface area contributed by atoms with Gasteiger partial charge in [-0.3, -0.25) is 10.7 Å². The molecule has 1 aromatic carbocycles. The molecule has 0 radical (unpaired) electrons. The van der Waals surface area contributed by atoms with Crippen LogP contribution in [0.15, 0.2) is 41.0 Å². The lowest BCUT2D eigenvalue weighted by Crippen LogP contribution is -2.22. The van der Waals surface area contributed by atoms with Crippen molar-refractivity contribution in [2.24, 2.45) is 0 Å². The number of carbonyl (C=O) groups excluding carboxylic acids is 4. The van der Waals surface area contributed by atoms with Crippen LogP contribution in [-0.2, 0) is 23.8 Å². The van der Waals surface area contributed by atoms with Gasteiger partial charge < -0.3 is 19.6 Å². The maximum absolute atomic E-state index is 13.2. The fourth-order valence-corrected chi connectivity index (χ4v) is 2.34. The first kappa shape index (κ1) is 24.0. The first-order valence-corrected chi connectivity index (χ1v) is 8.77. The van der Waals surface area contributed by atoms with Crippen molar-refractivity contribution in [2.75, 3.05) is 20.8 Å². The molecule has 0 aliphatic carbocycles. The number of esters is 3. The van der Waals surface area contributed by atoms with E-state index in [4.69, 9.17) is 4.74 Å². The smallest absolute Gasteiger partial charge is 0.349 e. The number of nitrogens with zero attached hydrogens (tertiary/aromatic N) is 2. The first-order chi connectivity index (χ1) is 14.4. The molecule has 1 rings (SSSR count). The largest absolute Gasteiger partial charge is 0.763 e. The zero-order chi connectivity index (χ0) is 22.7. The number of benzene rings is 1. The van der Waals surface area contributed by atoms with E-state index in [1.54, 1.807) is 0 Å². The van der Waals surface area contributed by atoms with Crippen molar-refractivity contribution < 1.29 is 33.4 Å². The van der Waals surface area contributed by atoms with Crippen LogP contribution in [0.5, 0.6) is 0 Å². The second kappa shape index (κ2) is 11.7. The highest BCUT2D eigenvalue weighted by Crippen LogP contribution is 2.24. The highest BCUT2D eigenvalue weighted by atomic mass is 16.5. The Bertz CT molecular complexity index is 979. The van der Waals surface area contributed by atoms with E-state index >= 15 is 0 Å². The van der Waals surface area contributed by atoms with Crippen molar-refractivity contribution >= 4 is 29.6 Å². The van der Waals surface area contributed by atoms with Gasteiger partial charge in [0.2, 0.25) is 0 Å². The molecule has 9 nitrogen and oxygen atoms in total. The monoisotopic (exact) mass is 411 g/mol. The summed E-state index contributed by atoms with van der Waals surface area (Å²) in [6.07, 6.45) is 1.40. The molecule has 0 heterocycles. The Labute approximate surface area is 173 Å². The summed E-state index contributed by atoms with van der Waals surface area (Å²) in [4.78, 5) is 49.7. The zero-order valence-electron chi connectivity index (χ0n) is 16.7. The van der Waals surface area contributed by atoms with Gasteiger partial charge in [-0.05, 0) is 12.5 Å². The fourth-order valence-electron chi connectivity index (χ4n) is 2.34. The number of hydrogen-bond acceptors (Lipinski definition) is 8. The van der Waals surface area contributed by atoms with Crippen LogP contribution in [0.25, 0.3) is 5.41 Å². The van der Waals surface area contributed by atoms with Crippen LogP contribution in [0.3, 0.4) is 0 Å². The van der Waals surface area contributed by atoms with Crippen LogP contribution in [0.4, 0.5) is 0 Å². The molecule has 156 valence electrons. The second-order valence-electron chi connectivity index (χ2n) is 5.70. The van der Waals surface area contributed by atoms with Crippen molar-refractivity contribution in [1.29, 1.82) is 5.26 Å². The molecule has 0 atom stereocenters. The summed E-state index contributed by atoms with van der Waals surface area (Å²) in [6.45, 7) is 2.04. The minimum Gasteiger partial charge on any atom is -0.763 e. The fraction of sp³-hybridized carbons (Fsp3) is 0.286. The molecule has 0 bridgehead atoms. The van der Waals surface area contributed by atoms with Crippen LogP contribution >= 0.6 is 0 Å². The van der Waals surface area contributed by atoms with Gasteiger partial charge in [-0.2, -0.15) is 5.26 Å². The van der Waals surface area contributed by atoms with Crippen molar-refractivity contribution in [2.45, 2.75) is 19.8 Å². The van der Waals surface area contributed by atoms with Gasteiger partial charge in [-0.1, -0.05) is 31.5 Å². The van der Waals surface area contributed by atoms with Crippen LogP contribution in [0.2, 0.25) is 0 Å². The van der Waals surface area contributed by atoms with E-state index in [1.807, 2.05) is 6.92 Å². The van der Waals surface area contributed by atoms with Gasteiger partial charge in [0.25, 0.3) is 0 Å². The SMILES string of the molecule is CCCCOC(=O)c1ccccc1C(=O)/C(C(=C=[N-])C(=O)OC)=C(\C#N)C(=O)OC. The second-order valence-corrected chi connectivity index (χ2v) is 5.70. The van der Waals surface area contributed by atoms with Crippen molar-refractivity contribution in [3.05, 3.63) is 57.5 Å². The third kappa shape index (κ3) is 5.50. The Morgan fingerprint density at radius 3 is 2.13 bits per heavy atom. The number of methoxy groups -OCH3 is 2. The lowest BCUT2D eigenvalue weighted by Gasteiger charge is -2.13. The predicted octanol–water partition coefficient (Wildman–Crippen LogP) is 2.16. The Morgan fingerprint density at radius 2 is 1.63 bits per heavy atom. The van der Waals surface area contributed by atoms with Crippen molar-refractivity contribution in [3.8, 4) is 6.07 Å². The topological polar surface area (TPSA) is 142 Å². The summed E-state index contributed by atoms with van der Waals surface area (Å²) in [5.74, 6) is -2.88. The average Bonchev–Trinajstić information content (AvgIpc) is 2.77. The number of Topliss-reactive ketones (excluding diaryl/α,β-unsaturated/α-hetero) is 1. The van der Waals surface area contributed by atoms with Gasteiger partial charge in [-0.15, -0.1) is 0 Å². The van der Waals surface area contributed by atoms with Gasteiger partial charge in [-0.25, -0.2) is 14.4 Å². The van der Waals surface area contributed by atoms with E-state index in [-0.39, 0.29) is 17.7 Å². The number of carbonyl (C=O) groups is 4. The molecule has 9 heteroatoms. The lowest BCUT2D eigenvalue weighted by molar-refractivity contribution is -0.135. The summed E-state index contributed by atoms with van der Waals surface area (Å²) in [5.41, 5.74) is -2.99. The van der Waals surface area contributed by atoms with E-state index in [0.717, 1.165) is 20.6 Å². The molecular weight excluding hydrogens is 392 g/mol. The summed E-state index contributed by atoms with van der Waals surface area (Å²) in [7, 11) is 1.93. The summed E-state index contributed by atoms with van der Waals surface area (Å²) < 4.78 is 14.1. The Morgan fingerprint density at radius 1 is 1.03 bits per heavy atom. The Balaban J connectivity index is 3.69. The third-order valence-corrected chi connectivity index (χ3v) is 3.85. The third-order valence-electron chi connectivity index (χ3n) is 3.85. The lowest BCUT2D eigenvalue weighted by atomic mass is 9.90. The van der Waals surface area contributed by atoms with E-state index in [9.17, 15) is 29.8 Å². The molecule has 0 N–H and O–H groups in total. The van der Waals surface area contributed by atoms with Gasteiger partial charge in [0.1, 0.15) is 11.6 Å². The summed E-state index contributed by atoms with van der Waals surface area (Å²) >= 11 is 0. The van der Waals surface area contributed by atoms with Crippen molar-refractivity contribution in [3.63, 3.8) is 0 Å². The molecule has 0 fully saturated rings. The molecule has 0 unspecified atom stereocenters. The molecular formula is C21H19N2O7-. The van der Waals surface area contributed by atoms with Crippen LogP contribution < -0.4 is 0 Å². The van der Waals surface area contributed by atoms with Crippen molar-refractivity contribution in [1.82, 2.24) is 0 Å². The average molecular weight is 411 g/mol. The molecule has 0 saturated carbocycles.